The molecular formula is C12H26N2O. The van der Waals surface area contributed by atoms with Crippen molar-refractivity contribution in [2.45, 2.75) is 39.2 Å². The van der Waals surface area contributed by atoms with Gasteiger partial charge in [0.15, 0.2) is 0 Å². The zero-order valence-corrected chi connectivity index (χ0v) is 10.4. The first-order valence-corrected chi connectivity index (χ1v) is 6.09. The van der Waals surface area contributed by atoms with Gasteiger partial charge in [-0.2, -0.15) is 0 Å². The first-order valence-electron chi connectivity index (χ1n) is 6.09. The van der Waals surface area contributed by atoms with E-state index >= 15 is 0 Å². The molecule has 3 nitrogen and oxygen atoms in total. The molecule has 1 atom stereocenters. The van der Waals surface area contributed by atoms with E-state index in [1.165, 1.54) is 25.9 Å². The van der Waals surface area contributed by atoms with Gasteiger partial charge >= 0.3 is 0 Å². The minimum absolute atomic E-state index is 0.178. The van der Waals surface area contributed by atoms with Gasteiger partial charge in [0.05, 0.1) is 6.10 Å². The van der Waals surface area contributed by atoms with Crippen molar-refractivity contribution in [2.75, 3.05) is 33.2 Å². The maximum atomic E-state index is 9.14. The van der Waals surface area contributed by atoms with Crippen LogP contribution in [-0.4, -0.2) is 49.3 Å². The summed E-state index contributed by atoms with van der Waals surface area (Å²) < 4.78 is 0. The number of aliphatic hydroxyl groups excluding tert-OH is 1. The van der Waals surface area contributed by atoms with Crippen molar-refractivity contribution < 1.29 is 5.11 Å². The van der Waals surface area contributed by atoms with Crippen LogP contribution in [0.3, 0.4) is 0 Å². The van der Waals surface area contributed by atoms with Gasteiger partial charge in [-0.3, -0.25) is 0 Å². The summed E-state index contributed by atoms with van der Waals surface area (Å²) in [7, 11) is 2.19. The van der Waals surface area contributed by atoms with E-state index < -0.39 is 0 Å². The Morgan fingerprint density at radius 1 is 1.40 bits per heavy atom. The second-order valence-electron chi connectivity index (χ2n) is 5.43. The Balaban J connectivity index is 2.14. The van der Waals surface area contributed by atoms with Crippen molar-refractivity contribution in [3.8, 4) is 0 Å². The Bertz CT molecular complexity index is 174. The maximum Gasteiger partial charge on any atom is 0.0524 e. The van der Waals surface area contributed by atoms with Crippen LogP contribution in [0, 0.1) is 5.41 Å². The van der Waals surface area contributed by atoms with Crippen molar-refractivity contribution in [1.82, 2.24) is 10.2 Å². The molecule has 2 N–H and O–H groups in total. The predicted octanol–water partition coefficient (Wildman–Crippen LogP) is 1.08. The van der Waals surface area contributed by atoms with E-state index in [4.69, 9.17) is 5.11 Å². The number of piperidine rings is 1. The van der Waals surface area contributed by atoms with Gasteiger partial charge in [-0.1, -0.05) is 6.92 Å². The lowest BCUT2D eigenvalue weighted by Gasteiger charge is -2.38. The van der Waals surface area contributed by atoms with E-state index in [-0.39, 0.29) is 6.10 Å². The van der Waals surface area contributed by atoms with E-state index in [1.54, 1.807) is 0 Å². The molecule has 1 saturated heterocycles. The van der Waals surface area contributed by atoms with Crippen LogP contribution >= 0.6 is 0 Å². The topological polar surface area (TPSA) is 35.5 Å². The SMILES string of the molecule is CC(O)CCNCC1(C)CCN(C)CC1. The summed E-state index contributed by atoms with van der Waals surface area (Å²) in [5.74, 6) is 0. The van der Waals surface area contributed by atoms with Crippen molar-refractivity contribution in [3.05, 3.63) is 0 Å². The molecule has 0 saturated carbocycles. The summed E-state index contributed by atoms with van der Waals surface area (Å²) in [5, 5.41) is 12.6. The number of nitrogens with zero attached hydrogens (tertiary/aromatic N) is 1. The zero-order valence-electron chi connectivity index (χ0n) is 10.4. The molecule has 15 heavy (non-hydrogen) atoms. The summed E-state index contributed by atoms with van der Waals surface area (Å²) in [4.78, 5) is 2.40. The lowest BCUT2D eigenvalue weighted by atomic mass is 9.80. The molecular weight excluding hydrogens is 188 g/mol. The first-order chi connectivity index (χ1) is 7.02. The highest BCUT2D eigenvalue weighted by Crippen LogP contribution is 2.29. The highest BCUT2D eigenvalue weighted by Gasteiger charge is 2.28. The second-order valence-corrected chi connectivity index (χ2v) is 5.43. The molecule has 0 aromatic carbocycles. The van der Waals surface area contributed by atoms with Crippen LogP contribution < -0.4 is 5.32 Å². The number of hydrogen-bond donors (Lipinski definition) is 2. The molecule has 0 amide bonds. The van der Waals surface area contributed by atoms with Gasteiger partial charge in [0, 0.05) is 6.54 Å². The minimum atomic E-state index is -0.178. The van der Waals surface area contributed by atoms with Crippen LogP contribution in [0.2, 0.25) is 0 Å². The lowest BCUT2D eigenvalue weighted by Crippen LogP contribution is -2.42. The molecule has 0 aromatic heterocycles. The molecule has 0 radical (unpaired) electrons. The number of likely N-dealkylation sites (tertiary alicyclic amines) is 1. The third-order valence-corrected chi connectivity index (χ3v) is 3.48. The molecule has 0 bridgehead atoms. The monoisotopic (exact) mass is 214 g/mol. The van der Waals surface area contributed by atoms with E-state index in [2.05, 4.69) is 24.2 Å². The third kappa shape index (κ3) is 4.96. The molecule has 1 rings (SSSR count). The number of aliphatic hydroxyl groups is 1. The molecule has 1 aliphatic rings. The smallest absolute Gasteiger partial charge is 0.0524 e. The highest BCUT2D eigenvalue weighted by atomic mass is 16.3. The largest absolute Gasteiger partial charge is 0.393 e. The standard InChI is InChI=1S/C12H26N2O/c1-11(15)4-7-13-10-12(2)5-8-14(3)9-6-12/h11,13,15H,4-10H2,1-3H3. The average Bonchev–Trinajstić information content (AvgIpc) is 2.18. The number of hydrogen-bond acceptors (Lipinski definition) is 3. The van der Waals surface area contributed by atoms with Crippen LogP contribution in [0.25, 0.3) is 0 Å². The van der Waals surface area contributed by atoms with Gasteiger partial charge in [-0.15, -0.1) is 0 Å². The zero-order chi connectivity index (χ0) is 11.3. The second kappa shape index (κ2) is 5.83. The molecule has 1 heterocycles. The molecule has 0 spiro atoms. The molecule has 0 aliphatic carbocycles. The average molecular weight is 214 g/mol. The highest BCUT2D eigenvalue weighted by molar-refractivity contribution is 4.83. The van der Waals surface area contributed by atoms with Crippen LogP contribution in [0.5, 0.6) is 0 Å². The van der Waals surface area contributed by atoms with Gasteiger partial charge in [0.2, 0.25) is 0 Å². The molecule has 1 unspecified atom stereocenters. The van der Waals surface area contributed by atoms with Gasteiger partial charge in [-0.25, -0.2) is 0 Å². The lowest BCUT2D eigenvalue weighted by molar-refractivity contribution is 0.133. The molecule has 3 heteroatoms. The van der Waals surface area contributed by atoms with Gasteiger partial charge in [0.1, 0.15) is 0 Å². The van der Waals surface area contributed by atoms with E-state index in [1.807, 2.05) is 6.92 Å². The molecule has 1 aliphatic heterocycles. The van der Waals surface area contributed by atoms with E-state index in [0.29, 0.717) is 5.41 Å². The Morgan fingerprint density at radius 3 is 2.53 bits per heavy atom. The van der Waals surface area contributed by atoms with Crippen molar-refractivity contribution >= 4 is 0 Å². The molecule has 1 fully saturated rings. The summed E-state index contributed by atoms with van der Waals surface area (Å²) in [6, 6.07) is 0. The fourth-order valence-corrected chi connectivity index (χ4v) is 2.04. The molecule has 0 aromatic rings. The Morgan fingerprint density at radius 2 is 2.00 bits per heavy atom. The maximum absolute atomic E-state index is 9.14. The predicted molar refractivity (Wildman–Crippen MR) is 64.0 cm³/mol. The Labute approximate surface area is 93.9 Å². The van der Waals surface area contributed by atoms with Gasteiger partial charge in [0.25, 0.3) is 0 Å². The van der Waals surface area contributed by atoms with E-state index in [9.17, 15) is 0 Å². The third-order valence-electron chi connectivity index (χ3n) is 3.48. The summed E-state index contributed by atoms with van der Waals surface area (Å²) >= 11 is 0. The number of nitrogens with one attached hydrogen (secondary N) is 1. The Kier molecular flexibility index (Phi) is 5.03. The van der Waals surface area contributed by atoms with E-state index in [0.717, 1.165) is 19.5 Å². The van der Waals surface area contributed by atoms with Crippen molar-refractivity contribution in [3.63, 3.8) is 0 Å². The summed E-state index contributed by atoms with van der Waals surface area (Å²) in [6.07, 6.45) is 3.24. The molecule has 90 valence electrons. The van der Waals surface area contributed by atoms with Crippen molar-refractivity contribution in [1.29, 1.82) is 0 Å². The number of rotatable bonds is 5. The van der Waals surface area contributed by atoms with Gasteiger partial charge < -0.3 is 15.3 Å². The van der Waals surface area contributed by atoms with Gasteiger partial charge in [-0.05, 0) is 58.3 Å². The quantitative estimate of drug-likeness (QED) is 0.672. The Hall–Kier alpha value is -0.120. The van der Waals surface area contributed by atoms with Crippen LogP contribution in [0.15, 0.2) is 0 Å². The van der Waals surface area contributed by atoms with Crippen molar-refractivity contribution in [2.24, 2.45) is 5.41 Å². The van der Waals surface area contributed by atoms with Crippen LogP contribution in [0.1, 0.15) is 33.1 Å². The summed E-state index contributed by atoms with van der Waals surface area (Å²) in [6.45, 7) is 8.67. The fraction of sp³-hybridized carbons (Fsp3) is 1.00. The first kappa shape index (κ1) is 12.9. The van der Waals surface area contributed by atoms with Crippen LogP contribution in [0.4, 0.5) is 0 Å². The van der Waals surface area contributed by atoms with Crippen LogP contribution in [-0.2, 0) is 0 Å². The normalized spacial score (nSPS) is 24.0. The minimum Gasteiger partial charge on any atom is -0.393 e. The fourth-order valence-electron chi connectivity index (χ4n) is 2.04. The summed E-state index contributed by atoms with van der Waals surface area (Å²) in [5.41, 5.74) is 0.463.